The van der Waals surface area contributed by atoms with Gasteiger partial charge in [-0.2, -0.15) is 0 Å². The van der Waals surface area contributed by atoms with Gasteiger partial charge >= 0.3 is 0 Å². The minimum Gasteiger partial charge on any atom is -0.379 e. The quantitative estimate of drug-likeness (QED) is 0.289. The van der Waals surface area contributed by atoms with Crippen LogP contribution in [0.3, 0.4) is 0 Å². The number of carbonyl (C=O) groups excluding carboxylic acids is 1. The van der Waals surface area contributed by atoms with Gasteiger partial charge in [-0.3, -0.25) is 14.7 Å². The molecular weight excluding hydrogens is 440 g/mol. The van der Waals surface area contributed by atoms with Gasteiger partial charge in [-0.15, -0.1) is 0 Å². The zero-order valence-electron chi connectivity index (χ0n) is 20.0. The van der Waals surface area contributed by atoms with Crippen molar-refractivity contribution in [1.29, 1.82) is 0 Å². The molecule has 0 saturated carbocycles. The predicted octanol–water partition coefficient (Wildman–Crippen LogP) is 2.54. The Bertz CT molecular complexity index is 796. The third-order valence-corrected chi connectivity index (χ3v) is 7.00. The van der Waals surface area contributed by atoms with Crippen molar-refractivity contribution >= 4 is 22.0 Å². The highest BCUT2D eigenvalue weighted by molar-refractivity contribution is 7.88. The maximum atomic E-state index is 12.1. The molecule has 1 saturated heterocycles. The summed E-state index contributed by atoms with van der Waals surface area (Å²) in [5.74, 6) is -0.0895. The summed E-state index contributed by atoms with van der Waals surface area (Å²) in [6, 6.07) is 3.74. The standard InChI is InChI=1S/C24H40N4O4S/c1-33(30,31)28(17-9-15-27-18-20-32-21-19-27)16-7-5-3-2-4-6-14-26-24(29)12-11-23-10-8-13-25-22-23/h8,10-13,22H,2-7,9,14-21H2,1H3,(H,26,29)/b12-11+. The first-order valence-corrected chi connectivity index (χ1v) is 13.9. The number of sulfonamides is 1. The van der Waals surface area contributed by atoms with Crippen LogP contribution in [-0.4, -0.2) is 87.3 Å². The number of nitrogens with zero attached hydrogens (tertiary/aromatic N) is 3. The topological polar surface area (TPSA) is 91.8 Å². The minimum absolute atomic E-state index is 0.0895. The molecule has 1 N–H and O–H groups in total. The molecule has 2 rings (SSSR count). The number of nitrogens with one attached hydrogen (secondary N) is 1. The molecule has 33 heavy (non-hydrogen) atoms. The lowest BCUT2D eigenvalue weighted by molar-refractivity contribution is -0.116. The first kappa shape index (κ1) is 27.4. The fourth-order valence-electron chi connectivity index (χ4n) is 3.78. The Kier molecular flexibility index (Phi) is 13.2. The Balaban J connectivity index is 1.48. The first-order valence-electron chi connectivity index (χ1n) is 12.1. The molecule has 1 fully saturated rings. The van der Waals surface area contributed by atoms with E-state index in [4.69, 9.17) is 4.74 Å². The van der Waals surface area contributed by atoms with E-state index in [2.05, 4.69) is 15.2 Å². The molecule has 9 heteroatoms. The molecule has 0 bridgehead atoms. The third-order valence-electron chi connectivity index (χ3n) is 5.70. The van der Waals surface area contributed by atoms with Gasteiger partial charge in [0.1, 0.15) is 0 Å². The zero-order valence-corrected chi connectivity index (χ0v) is 20.8. The van der Waals surface area contributed by atoms with Crippen molar-refractivity contribution in [2.24, 2.45) is 0 Å². The van der Waals surface area contributed by atoms with Crippen LogP contribution < -0.4 is 5.32 Å². The van der Waals surface area contributed by atoms with Gasteiger partial charge in [-0.05, 0) is 43.5 Å². The van der Waals surface area contributed by atoms with Crippen molar-refractivity contribution in [3.8, 4) is 0 Å². The van der Waals surface area contributed by atoms with Crippen LogP contribution in [0.2, 0.25) is 0 Å². The van der Waals surface area contributed by atoms with Gasteiger partial charge in [0.05, 0.1) is 19.5 Å². The van der Waals surface area contributed by atoms with Crippen molar-refractivity contribution in [2.75, 3.05) is 58.7 Å². The van der Waals surface area contributed by atoms with E-state index in [1.54, 1.807) is 22.8 Å². The second kappa shape index (κ2) is 15.9. The lowest BCUT2D eigenvalue weighted by Gasteiger charge is -2.27. The summed E-state index contributed by atoms with van der Waals surface area (Å²) in [6.45, 7) is 6.19. The second-order valence-corrected chi connectivity index (χ2v) is 10.5. The molecule has 186 valence electrons. The Labute approximate surface area is 199 Å². The number of ether oxygens (including phenoxy) is 1. The van der Waals surface area contributed by atoms with Gasteiger partial charge in [-0.25, -0.2) is 12.7 Å². The normalized spacial score (nSPS) is 15.3. The molecule has 1 aromatic rings. The van der Waals surface area contributed by atoms with Crippen molar-refractivity contribution in [2.45, 2.75) is 44.9 Å². The highest BCUT2D eigenvalue weighted by Gasteiger charge is 2.17. The number of morpholine rings is 1. The van der Waals surface area contributed by atoms with Gasteiger partial charge in [0.15, 0.2) is 0 Å². The van der Waals surface area contributed by atoms with Crippen LogP contribution in [0.4, 0.5) is 0 Å². The van der Waals surface area contributed by atoms with E-state index >= 15 is 0 Å². The van der Waals surface area contributed by atoms with Crippen molar-refractivity contribution in [1.82, 2.24) is 19.5 Å². The molecule has 8 nitrogen and oxygen atoms in total. The molecule has 1 aliphatic heterocycles. The summed E-state index contributed by atoms with van der Waals surface area (Å²) in [5.41, 5.74) is 0.902. The summed E-state index contributed by atoms with van der Waals surface area (Å²) in [7, 11) is -3.16. The largest absolute Gasteiger partial charge is 0.379 e. The summed E-state index contributed by atoms with van der Waals surface area (Å²) in [4.78, 5) is 18.2. The average molecular weight is 481 g/mol. The Morgan fingerprint density at radius 1 is 1.12 bits per heavy atom. The molecular formula is C24H40N4O4S. The molecule has 0 atom stereocenters. The van der Waals surface area contributed by atoms with Crippen LogP contribution in [0.1, 0.15) is 50.5 Å². The molecule has 0 aromatic carbocycles. The van der Waals surface area contributed by atoms with E-state index in [0.29, 0.717) is 19.6 Å². The molecule has 0 spiro atoms. The molecule has 1 aliphatic rings. The predicted molar refractivity (Wildman–Crippen MR) is 132 cm³/mol. The molecule has 2 heterocycles. The number of hydrogen-bond donors (Lipinski definition) is 1. The van der Waals surface area contributed by atoms with E-state index < -0.39 is 10.0 Å². The molecule has 0 aliphatic carbocycles. The molecule has 0 unspecified atom stereocenters. The van der Waals surface area contributed by atoms with E-state index in [-0.39, 0.29) is 5.91 Å². The van der Waals surface area contributed by atoms with E-state index in [1.807, 2.05) is 12.1 Å². The van der Waals surface area contributed by atoms with Crippen molar-refractivity contribution < 1.29 is 17.9 Å². The van der Waals surface area contributed by atoms with E-state index in [9.17, 15) is 13.2 Å². The molecule has 1 aromatic heterocycles. The van der Waals surface area contributed by atoms with Crippen LogP contribution >= 0.6 is 0 Å². The Morgan fingerprint density at radius 2 is 1.82 bits per heavy atom. The number of hydrogen-bond acceptors (Lipinski definition) is 6. The van der Waals surface area contributed by atoms with Crippen molar-refractivity contribution in [3.05, 3.63) is 36.2 Å². The fraction of sp³-hybridized carbons (Fsp3) is 0.667. The first-order chi connectivity index (χ1) is 15.9. The Morgan fingerprint density at radius 3 is 2.52 bits per heavy atom. The average Bonchev–Trinajstić information content (AvgIpc) is 2.81. The monoisotopic (exact) mass is 480 g/mol. The molecule has 0 radical (unpaired) electrons. The second-order valence-electron chi connectivity index (χ2n) is 8.50. The van der Waals surface area contributed by atoms with E-state index in [1.165, 1.54) is 12.3 Å². The van der Waals surface area contributed by atoms with Gasteiger partial charge in [0.25, 0.3) is 0 Å². The lowest BCUT2D eigenvalue weighted by atomic mass is 10.1. The summed E-state index contributed by atoms with van der Waals surface area (Å²) in [6.07, 6.45) is 15.0. The zero-order chi connectivity index (χ0) is 23.8. The number of rotatable bonds is 16. The number of aromatic nitrogens is 1. The number of pyridine rings is 1. The van der Waals surface area contributed by atoms with Crippen molar-refractivity contribution in [3.63, 3.8) is 0 Å². The minimum atomic E-state index is -3.16. The van der Waals surface area contributed by atoms with Gasteiger partial charge in [-0.1, -0.05) is 31.7 Å². The molecule has 1 amide bonds. The van der Waals surface area contributed by atoms with Gasteiger partial charge in [0.2, 0.25) is 15.9 Å². The summed E-state index contributed by atoms with van der Waals surface area (Å²) >= 11 is 0. The Hall–Kier alpha value is -1.81. The maximum absolute atomic E-state index is 12.1. The van der Waals surface area contributed by atoms with Gasteiger partial charge < -0.3 is 10.1 Å². The van der Waals surface area contributed by atoms with Gasteiger partial charge in [0, 0.05) is 51.2 Å². The fourth-order valence-corrected chi connectivity index (χ4v) is 4.70. The van der Waals surface area contributed by atoms with Crippen LogP contribution in [0.15, 0.2) is 30.6 Å². The van der Waals surface area contributed by atoms with Crippen LogP contribution in [0.25, 0.3) is 6.08 Å². The maximum Gasteiger partial charge on any atom is 0.243 e. The number of unbranched alkanes of at least 4 members (excludes halogenated alkanes) is 5. The van der Waals surface area contributed by atoms with Crippen LogP contribution in [0.5, 0.6) is 0 Å². The highest BCUT2D eigenvalue weighted by atomic mass is 32.2. The van der Waals surface area contributed by atoms with Crippen LogP contribution in [0, 0.1) is 0 Å². The number of carbonyl (C=O) groups is 1. The number of amides is 1. The summed E-state index contributed by atoms with van der Waals surface area (Å²) < 4.78 is 31.1. The smallest absolute Gasteiger partial charge is 0.243 e. The van der Waals surface area contributed by atoms with E-state index in [0.717, 1.165) is 83.4 Å². The third kappa shape index (κ3) is 12.9. The SMILES string of the molecule is CS(=O)(=O)N(CCCCCCCCNC(=O)/C=C/c1cccnc1)CCCN1CCOCC1. The summed E-state index contributed by atoms with van der Waals surface area (Å²) in [5, 5.41) is 2.90. The lowest BCUT2D eigenvalue weighted by Crippen LogP contribution is -2.39. The highest BCUT2D eigenvalue weighted by Crippen LogP contribution is 2.09. The van der Waals surface area contributed by atoms with Crippen LogP contribution in [-0.2, 0) is 19.6 Å².